The van der Waals surface area contributed by atoms with E-state index in [1.54, 1.807) is 11.9 Å². The molecule has 0 fully saturated rings. The van der Waals surface area contributed by atoms with Crippen molar-refractivity contribution in [1.29, 1.82) is 0 Å². The third kappa shape index (κ3) is 3.45. The molecule has 0 saturated carbocycles. The average Bonchev–Trinajstić information content (AvgIpc) is 2.61. The predicted molar refractivity (Wildman–Crippen MR) is 94.1 cm³/mol. The third-order valence-corrected chi connectivity index (χ3v) is 4.02. The molecular formula is C19H22N2O3. The van der Waals surface area contributed by atoms with Crippen molar-refractivity contribution in [2.45, 2.75) is 6.10 Å². The van der Waals surface area contributed by atoms with Crippen LogP contribution in [0.25, 0.3) is 0 Å². The normalized spacial score (nSPS) is 15.7. The van der Waals surface area contributed by atoms with Crippen molar-refractivity contribution in [3.8, 4) is 11.5 Å². The summed E-state index contributed by atoms with van der Waals surface area (Å²) in [6, 6.07) is 15.2. The van der Waals surface area contributed by atoms with E-state index in [1.807, 2.05) is 67.5 Å². The number of hydrogen-bond donors (Lipinski definition) is 0. The molecule has 2 aromatic carbocycles. The van der Waals surface area contributed by atoms with Gasteiger partial charge in [0.1, 0.15) is 6.61 Å². The van der Waals surface area contributed by atoms with Gasteiger partial charge < -0.3 is 19.3 Å². The van der Waals surface area contributed by atoms with Gasteiger partial charge in [0.05, 0.1) is 6.54 Å². The molecule has 5 nitrogen and oxygen atoms in total. The summed E-state index contributed by atoms with van der Waals surface area (Å²) in [6.45, 7) is 0.913. The lowest BCUT2D eigenvalue weighted by molar-refractivity contribution is 0.0521. The first-order valence-electron chi connectivity index (χ1n) is 7.96. The minimum Gasteiger partial charge on any atom is -0.486 e. The van der Waals surface area contributed by atoms with E-state index in [2.05, 4.69) is 0 Å². The van der Waals surface area contributed by atoms with Crippen LogP contribution in [-0.4, -0.2) is 51.2 Å². The van der Waals surface area contributed by atoms with E-state index < -0.39 is 0 Å². The van der Waals surface area contributed by atoms with E-state index in [0.717, 1.165) is 17.2 Å². The van der Waals surface area contributed by atoms with Gasteiger partial charge in [-0.25, -0.2) is 0 Å². The molecule has 1 heterocycles. The second-order valence-corrected chi connectivity index (χ2v) is 6.12. The molecule has 0 radical (unpaired) electrons. The van der Waals surface area contributed by atoms with Gasteiger partial charge in [0.25, 0.3) is 5.91 Å². The SMILES string of the molecule is CN(C[C@H]1COc2ccccc2O1)C(=O)c1ccc(N(C)C)cc1. The Hall–Kier alpha value is -2.69. The first kappa shape index (κ1) is 16.2. The molecule has 1 aliphatic rings. The summed E-state index contributed by atoms with van der Waals surface area (Å²) in [5, 5.41) is 0. The summed E-state index contributed by atoms with van der Waals surface area (Å²) in [5.41, 5.74) is 1.73. The van der Waals surface area contributed by atoms with Crippen molar-refractivity contribution in [3.63, 3.8) is 0 Å². The number of hydrogen-bond acceptors (Lipinski definition) is 4. The highest BCUT2D eigenvalue weighted by molar-refractivity contribution is 5.94. The van der Waals surface area contributed by atoms with Crippen LogP contribution >= 0.6 is 0 Å². The minimum absolute atomic E-state index is 0.0252. The van der Waals surface area contributed by atoms with Gasteiger partial charge in [0.2, 0.25) is 0 Å². The van der Waals surface area contributed by atoms with Gasteiger partial charge in [-0.2, -0.15) is 0 Å². The number of ether oxygens (including phenoxy) is 2. The lowest BCUT2D eigenvalue weighted by Gasteiger charge is -2.29. The molecule has 3 rings (SSSR count). The Kier molecular flexibility index (Phi) is 4.60. The van der Waals surface area contributed by atoms with E-state index in [9.17, 15) is 4.79 Å². The molecule has 1 atom stereocenters. The number of amides is 1. The Morgan fingerprint density at radius 3 is 2.38 bits per heavy atom. The highest BCUT2D eigenvalue weighted by Crippen LogP contribution is 2.31. The molecule has 1 amide bonds. The lowest BCUT2D eigenvalue weighted by Crippen LogP contribution is -2.41. The smallest absolute Gasteiger partial charge is 0.253 e. The zero-order valence-corrected chi connectivity index (χ0v) is 14.2. The summed E-state index contributed by atoms with van der Waals surface area (Å²) in [5.74, 6) is 1.45. The minimum atomic E-state index is -0.171. The zero-order chi connectivity index (χ0) is 17.1. The number of benzene rings is 2. The Bertz CT molecular complexity index is 713. The fourth-order valence-corrected chi connectivity index (χ4v) is 2.66. The van der Waals surface area contributed by atoms with Gasteiger partial charge in [0, 0.05) is 32.4 Å². The molecule has 126 valence electrons. The van der Waals surface area contributed by atoms with E-state index in [0.29, 0.717) is 18.7 Å². The molecule has 0 aliphatic carbocycles. The molecule has 0 aromatic heterocycles. The maximum Gasteiger partial charge on any atom is 0.253 e. The zero-order valence-electron chi connectivity index (χ0n) is 14.2. The number of para-hydroxylation sites is 2. The lowest BCUT2D eigenvalue weighted by atomic mass is 10.1. The Balaban J connectivity index is 1.62. The van der Waals surface area contributed by atoms with Crippen LogP contribution in [0.2, 0.25) is 0 Å². The standard InChI is InChI=1S/C19H22N2O3/c1-20(2)15-10-8-14(9-11-15)19(22)21(3)12-16-13-23-17-6-4-5-7-18(17)24-16/h4-11,16H,12-13H2,1-3H3/t16-/m0/s1. The van der Waals surface area contributed by atoms with Crippen LogP contribution < -0.4 is 14.4 Å². The Morgan fingerprint density at radius 1 is 1.04 bits per heavy atom. The fraction of sp³-hybridized carbons (Fsp3) is 0.316. The number of carbonyl (C=O) groups excluding carboxylic acids is 1. The summed E-state index contributed by atoms with van der Waals surface area (Å²) < 4.78 is 11.6. The first-order valence-corrected chi connectivity index (χ1v) is 7.96. The predicted octanol–water partition coefficient (Wildman–Crippen LogP) is 2.66. The van der Waals surface area contributed by atoms with E-state index >= 15 is 0 Å². The van der Waals surface area contributed by atoms with Crippen molar-refractivity contribution in [2.75, 3.05) is 39.2 Å². The van der Waals surface area contributed by atoms with E-state index in [4.69, 9.17) is 9.47 Å². The van der Waals surface area contributed by atoms with Crippen LogP contribution in [0.1, 0.15) is 10.4 Å². The highest BCUT2D eigenvalue weighted by atomic mass is 16.6. The molecule has 0 unspecified atom stereocenters. The quantitative estimate of drug-likeness (QED) is 0.866. The van der Waals surface area contributed by atoms with E-state index in [1.165, 1.54) is 0 Å². The largest absolute Gasteiger partial charge is 0.486 e. The van der Waals surface area contributed by atoms with Crippen LogP contribution in [0.15, 0.2) is 48.5 Å². The van der Waals surface area contributed by atoms with Crippen molar-refractivity contribution in [1.82, 2.24) is 4.90 Å². The average molecular weight is 326 g/mol. The van der Waals surface area contributed by atoms with Gasteiger partial charge in [-0.1, -0.05) is 12.1 Å². The summed E-state index contributed by atoms with van der Waals surface area (Å²) in [4.78, 5) is 16.2. The second kappa shape index (κ2) is 6.83. The maximum atomic E-state index is 12.6. The summed E-state index contributed by atoms with van der Waals surface area (Å²) in [7, 11) is 5.73. The number of nitrogens with zero attached hydrogens (tertiary/aromatic N) is 2. The molecule has 0 N–H and O–H groups in total. The molecule has 1 aliphatic heterocycles. The molecule has 0 spiro atoms. The number of fused-ring (bicyclic) bond motifs is 1. The molecule has 0 bridgehead atoms. The maximum absolute atomic E-state index is 12.6. The number of anilines is 1. The summed E-state index contributed by atoms with van der Waals surface area (Å²) >= 11 is 0. The number of carbonyl (C=O) groups is 1. The van der Waals surface area contributed by atoms with Crippen molar-refractivity contribution in [2.24, 2.45) is 0 Å². The second-order valence-electron chi connectivity index (χ2n) is 6.12. The summed E-state index contributed by atoms with van der Waals surface area (Å²) in [6.07, 6.45) is -0.171. The molecule has 2 aromatic rings. The molecular weight excluding hydrogens is 304 g/mol. The van der Waals surface area contributed by atoms with Gasteiger partial charge in [-0.05, 0) is 36.4 Å². The van der Waals surface area contributed by atoms with Crippen LogP contribution in [-0.2, 0) is 0 Å². The highest BCUT2D eigenvalue weighted by Gasteiger charge is 2.24. The van der Waals surface area contributed by atoms with Crippen LogP contribution in [0.5, 0.6) is 11.5 Å². The number of likely N-dealkylation sites (N-methyl/N-ethyl adjacent to an activating group) is 1. The van der Waals surface area contributed by atoms with Gasteiger partial charge in [0.15, 0.2) is 17.6 Å². The fourth-order valence-electron chi connectivity index (χ4n) is 2.66. The number of rotatable bonds is 4. The van der Waals surface area contributed by atoms with E-state index in [-0.39, 0.29) is 12.0 Å². The Morgan fingerprint density at radius 2 is 1.71 bits per heavy atom. The third-order valence-electron chi connectivity index (χ3n) is 4.02. The molecule has 0 saturated heterocycles. The molecule has 5 heteroatoms. The molecule has 24 heavy (non-hydrogen) atoms. The topological polar surface area (TPSA) is 42.0 Å². The van der Waals surface area contributed by atoms with Gasteiger partial charge in [-0.3, -0.25) is 4.79 Å². The van der Waals surface area contributed by atoms with Crippen LogP contribution in [0, 0.1) is 0 Å². The monoisotopic (exact) mass is 326 g/mol. The van der Waals surface area contributed by atoms with Crippen molar-refractivity contribution < 1.29 is 14.3 Å². The van der Waals surface area contributed by atoms with Crippen molar-refractivity contribution >= 4 is 11.6 Å². The van der Waals surface area contributed by atoms with Crippen LogP contribution in [0.4, 0.5) is 5.69 Å². The Labute approximate surface area is 142 Å². The van der Waals surface area contributed by atoms with Crippen molar-refractivity contribution in [3.05, 3.63) is 54.1 Å². The van der Waals surface area contributed by atoms with Gasteiger partial charge in [-0.15, -0.1) is 0 Å². The van der Waals surface area contributed by atoms with Crippen LogP contribution in [0.3, 0.4) is 0 Å². The first-order chi connectivity index (χ1) is 11.5. The van der Waals surface area contributed by atoms with Gasteiger partial charge >= 0.3 is 0 Å².